The van der Waals surface area contributed by atoms with Gasteiger partial charge in [-0.25, -0.2) is 8.42 Å². The second-order valence-corrected chi connectivity index (χ2v) is 8.42. The first kappa shape index (κ1) is 16.7. The zero-order chi connectivity index (χ0) is 15.6. The maximum Gasteiger partial charge on any atom is 0.296 e. The van der Waals surface area contributed by atoms with Gasteiger partial charge in [0.1, 0.15) is 5.82 Å². The third kappa shape index (κ3) is 4.17. The molecule has 0 saturated heterocycles. The molecule has 0 aromatic carbocycles. The first-order chi connectivity index (χ1) is 9.81. The summed E-state index contributed by atoms with van der Waals surface area (Å²) < 4.78 is 30.3. The van der Waals surface area contributed by atoms with E-state index >= 15 is 0 Å². The highest BCUT2D eigenvalue weighted by molar-refractivity contribution is 8.13. The van der Waals surface area contributed by atoms with Gasteiger partial charge in [0, 0.05) is 30.3 Å². The highest BCUT2D eigenvalue weighted by Gasteiger charge is 2.32. The van der Waals surface area contributed by atoms with E-state index in [-0.39, 0.29) is 11.1 Å². The Labute approximate surface area is 130 Å². The Balaban J connectivity index is 2.11. The third-order valence-electron chi connectivity index (χ3n) is 3.63. The fourth-order valence-corrected chi connectivity index (χ4v) is 3.59. The summed E-state index contributed by atoms with van der Waals surface area (Å²) in [5.74, 6) is 1.46. The van der Waals surface area contributed by atoms with E-state index in [0.29, 0.717) is 24.4 Å². The molecule has 8 heteroatoms. The largest absolute Gasteiger partial charge is 0.378 e. The summed E-state index contributed by atoms with van der Waals surface area (Å²) in [6.07, 6.45) is 3.03. The Bertz CT molecular complexity index is 579. The first-order valence-corrected chi connectivity index (χ1v) is 9.60. The lowest BCUT2D eigenvalue weighted by Gasteiger charge is -2.34. The van der Waals surface area contributed by atoms with E-state index in [1.165, 1.54) is 0 Å². The molecule has 6 nitrogen and oxygen atoms in total. The summed E-state index contributed by atoms with van der Waals surface area (Å²) in [4.78, 5) is 0. The second-order valence-electron chi connectivity index (χ2n) is 5.96. The molecule has 1 heterocycles. The Morgan fingerprint density at radius 3 is 2.57 bits per heavy atom. The molecule has 1 saturated carbocycles. The number of rotatable bonds is 7. The summed E-state index contributed by atoms with van der Waals surface area (Å²) in [5, 5.41) is 7.66. The summed E-state index contributed by atoms with van der Waals surface area (Å²) in [6.45, 7) is 7.30. The highest BCUT2D eigenvalue weighted by Crippen LogP contribution is 2.33. The van der Waals surface area contributed by atoms with E-state index in [9.17, 15) is 8.42 Å². The molecule has 2 rings (SSSR count). The molecule has 1 aromatic rings. The van der Waals surface area contributed by atoms with Crippen molar-refractivity contribution in [1.82, 2.24) is 14.8 Å². The monoisotopic (exact) mass is 335 g/mol. The predicted molar refractivity (Wildman–Crippen MR) is 79.7 cm³/mol. The van der Waals surface area contributed by atoms with Crippen LogP contribution in [0.25, 0.3) is 0 Å². The van der Waals surface area contributed by atoms with E-state index in [1.54, 1.807) is 4.57 Å². The number of halogens is 1. The van der Waals surface area contributed by atoms with Crippen LogP contribution in [0.3, 0.4) is 0 Å². The van der Waals surface area contributed by atoms with Crippen LogP contribution in [0.1, 0.15) is 39.4 Å². The zero-order valence-electron chi connectivity index (χ0n) is 12.6. The maximum absolute atomic E-state index is 11.6. The van der Waals surface area contributed by atoms with Crippen molar-refractivity contribution >= 4 is 19.7 Å². The van der Waals surface area contributed by atoms with Crippen LogP contribution >= 0.6 is 10.7 Å². The normalized spacial score (nSPS) is 22.5. The molecule has 21 heavy (non-hydrogen) atoms. The topological polar surface area (TPSA) is 74.1 Å². The van der Waals surface area contributed by atoms with Gasteiger partial charge in [-0.15, -0.1) is 10.2 Å². The van der Waals surface area contributed by atoms with E-state index < -0.39 is 9.05 Å². The minimum absolute atomic E-state index is 0.145. The van der Waals surface area contributed by atoms with E-state index in [4.69, 9.17) is 15.4 Å². The molecule has 1 aromatic heterocycles. The molecule has 0 N–H and O–H groups in total. The molecule has 1 fully saturated rings. The van der Waals surface area contributed by atoms with Crippen molar-refractivity contribution in [1.29, 1.82) is 0 Å². The molecule has 120 valence electrons. The Hall–Kier alpha value is -0.660. The second kappa shape index (κ2) is 6.62. The zero-order valence-corrected chi connectivity index (χ0v) is 14.2. The van der Waals surface area contributed by atoms with Crippen LogP contribution in [0.4, 0.5) is 0 Å². The molecule has 0 spiro atoms. The van der Waals surface area contributed by atoms with Crippen LogP contribution in [0.15, 0.2) is 5.16 Å². The lowest BCUT2D eigenvalue weighted by molar-refractivity contribution is -0.0248. The van der Waals surface area contributed by atoms with Crippen molar-refractivity contribution in [3.63, 3.8) is 0 Å². The number of nitrogens with zero attached hydrogens (tertiary/aromatic N) is 3. The van der Waals surface area contributed by atoms with Gasteiger partial charge in [0.05, 0.1) is 6.10 Å². The van der Waals surface area contributed by atoms with Crippen molar-refractivity contribution in [3.05, 3.63) is 5.82 Å². The minimum Gasteiger partial charge on any atom is -0.378 e. The quantitative estimate of drug-likeness (QED) is 0.714. The number of hydrogen-bond donors (Lipinski definition) is 0. The van der Waals surface area contributed by atoms with Gasteiger partial charge in [-0.3, -0.25) is 0 Å². The highest BCUT2D eigenvalue weighted by atomic mass is 35.7. The first-order valence-electron chi connectivity index (χ1n) is 7.29. The van der Waals surface area contributed by atoms with Gasteiger partial charge in [0.2, 0.25) is 0 Å². The third-order valence-corrected chi connectivity index (χ3v) is 4.78. The van der Waals surface area contributed by atoms with Crippen LogP contribution in [-0.4, -0.2) is 35.9 Å². The maximum atomic E-state index is 11.6. The summed E-state index contributed by atoms with van der Waals surface area (Å²) in [5.41, 5.74) is 0. The molecule has 0 radical (unpaired) electrons. The Morgan fingerprint density at radius 2 is 2.05 bits per heavy atom. The molecule has 1 aliphatic carbocycles. The van der Waals surface area contributed by atoms with Crippen LogP contribution in [0, 0.1) is 11.8 Å². The molecular formula is C13H22ClN3O3S. The Kier molecular flexibility index (Phi) is 5.27. The molecule has 0 amide bonds. The molecule has 0 atom stereocenters. The van der Waals surface area contributed by atoms with Crippen molar-refractivity contribution < 1.29 is 13.2 Å². The molecular weight excluding hydrogens is 314 g/mol. The van der Waals surface area contributed by atoms with E-state index in [2.05, 4.69) is 10.2 Å². The van der Waals surface area contributed by atoms with Gasteiger partial charge in [0.25, 0.3) is 14.2 Å². The van der Waals surface area contributed by atoms with Crippen LogP contribution in [0.5, 0.6) is 0 Å². The average Bonchev–Trinajstić information content (AvgIpc) is 2.68. The molecule has 0 unspecified atom stereocenters. The van der Waals surface area contributed by atoms with Crippen molar-refractivity contribution in [2.75, 3.05) is 6.61 Å². The summed E-state index contributed by atoms with van der Waals surface area (Å²) in [6, 6.07) is 0. The van der Waals surface area contributed by atoms with Crippen molar-refractivity contribution in [2.24, 2.45) is 11.8 Å². The van der Waals surface area contributed by atoms with E-state index in [1.807, 2.05) is 20.8 Å². The average molecular weight is 336 g/mol. The van der Waals surface area contributed by atoms with Gasteiger partial charge in [-0.05, 0) is 31.6 Å². The number of hydrogen-bond acceptors (Lipinski definition) is 5. The predicted octanol–water partition coefficient (Wildman–Crippen LogP) is 2.22. The van der Waals surface area contributed by atoms with Gasteiger partial charge in [0.15, 0.2) is 0 Å². The Morgan fingerprint density at radius 1 is 1.38 bits per heavy atom. The summed E-state index contributed by atoms with van der Waals surface area (Å²) in [7, 11) is 1.57. The standard InChI is InChI=1S/C13H22ClN3O3S/c1-4-20-11-5-10(6-11)7-12-15-16-13(21(14,18)19)17(12)8-9(2)3/h9-11H,4-8H2,1-3H3. The van der Waals surface area contributed by atoms with Gasteiger partial charge < -0.3 is 9.30 Å². The number of ether oxygens (including phenoxy) is 1. The fourth-order valence-electron chi connectivity index (χ4n) is 2.67. The van der Waals surface area contributed by atoms with Crippen molar-refractivity contribution in [2.45, 2.75) is 57.8 Å². The van der Waals surface area contributed by atoms with Gasteiger partial charge in [-0.2, -0.15) is 0 Å². The molecule has 1 aliphatic rings. The minimum atomic E-state index is -3.87. The summed E-state index contributed by atoms with van der Waals surface area (Å²) >= 11 is 0. The lowest BCUT2D eigenvalue weighted by Crippen LogP contribution is -2.33. The van der Waals surface area contributed by atoms with Gasteiger partial charge >= 0.3 is 0 Å². The lowest BCUT2D eigenvalue weighted by atomic mass is 9.80. The van der Waals surface area contributed by atoms with E-state index in [0.717, 1.165) is 25.9 Å². The molecule has 0 aliphatic heterocycles. The van der Waals surface area contributed by atoms with Crippen LogP contribution < -0.4 is 0 Å². The van der Waals surface area contributed by atoms with Gasteiger partial charge in [-0.1, -0.05) is 13.8 Å². The van der Waals surface area contributed by atoms with Crippen molar-refractivity contribution in [3.8, 4) is 0 Å². The number of aromatic nitrogens is 3. The SMILES string of the molecule is CCOC1CC(Cc2nnc(S(=O)(=O)Cl)n2CC(C)C)C1. The molecule has 0 bridgehead atoms. The fraction of sp³-hybridized carbons (Fsp3) is 0.846. The van der Waals surface area contributed by atoms with Crippen LogP contribution in [-0.2, 0) is 26.8 Å². The smallest absolute Gasteiger partial charge is 0.296 e. The van der Waals surface area contributed by atoms with Crippen LogP contribution in [0.2, 0.25) is 0 Å².